The summed E-state index contributed by atoms with van der Waals surface area (Å²) in [5.41, 5.74) is 3.09. The smallest absolute Gasteiger partial charge is 0.233 e. The van der Waals surface area contributed by atoms with Gasteiger partial charge in [0.15, 0.2) is 5.13 Å². The number of anilines is 1. The number of carbonyl (C=O) groups is 1. The average molecular weight is 413 g/mol. The molecule has 1 aromatic heterocycles. The van der Waals surface area contributed by atoms with Crippen LogP contribution in [0.3, 0.4) is 0 Å². The van der Waals surface area contributed by atoms with Gasteiger partial charge in [-0.25, -0.2) is 4.98 Å². The van der Waals surface area contributed by atoms with Crippen LogP contribution in [0, 0.1) is 5.41 Å². The van der Waals surface area contributed by atoms with Crippen molar-refractivity contribution in [2.45, 2.75) is 19.3 Å². The van der Waals surface area contributed by atoms with Crippen LogP contribution in [-0.4, -0.2) is 10.9 Å². The zero-order valence-corrected chi connectivity index (χ0v) is 16.1. The number of amides is 1. The molecule has 3 aromatic rings. The summed E-state index contributed by atoms with van der Waals surface area (Å²) in [7, 11) is 0. The van der Waals surface area contributed by atoms with Gasteiger partial charge >= 0.3 is 0 Å². The van der Waals surface area contributed by atoms with Crippen LogP contribution >= 0.6 is 27.3 Å². The Bertz CT molecular complexity index is 908. The van der Waals surface area contributed by atoms with Gasteiger partial charge in [0.25, 0.3) is 0 Å². The molecule has 0 aliphatic heterocycles. The van der Waals surface area contributed by atoms with Gasteiger partial charge in [0, 0.05) is 22.0 Å². The summed E-state index contributed by atoms with van der Waals surface area (Å²) in [5.74, 6) is 0.0448. The van der Waals surface area contributed by atoms with Crippen molar-refractivity contribution < 1.29 is 4.79 Å². The Balaban J connectivity index is 1.77. The largest absolute Gasteiger partial charge is 0.301 e. The molecule has 5 heteroatoms. The zero-order valence-electron chi connectivity index (χ0n) is 13.7. The molecular weight excluding hydrogens is 396 g/mol. The molecule has 25 heavy (non-hydrogen) atoms. The van der Waals surface area contributed by atoms with E-state index in [0.29, 0.717) is 5.13 Å². The fourth-order valence-electron chi connectivity index (χ4n) is 3.76. The summed E-state index contributed by atoms with van der Waals surface area (Å²) in [5, 5.41) is 5.53. The first kappa shape index (κ1) is 16.5. The number of aromatic nitrogens is 1. The van der Waals surface area contributed by atoms with Gasteiger partial charge in [-0.05, 0) is 42.2 Å². The molecule has 1 aliphatic rings. The zero-order chi connectivity index (χ0) is 17.4. The lowest BCUT2D eigenvalue weighted by molar-refractivity contribution is -0.125. The number of benzene rings is 2. The molecule has 0 bridgehead atoms. The first-order valence-corrected chi connectivity index (χ1v) is 9.79. The number of nitrogens with one attached hydrogen (secondary N) is 1. The number of nitrogens with zero attached hydrogens (tertiary/aromatic N) is 1. The van der Waals surface area contributed by atoms with E-state index in [-0.39, 0.29) is 11.8 Å². The van der Waals surface area contributed by atoms with E-state index >= 15 is 0 Å². The van der Waals surface area contributed by atoms with Crippen LogP contribution in [0.25, 0.3) is 0 Å². The molecule has 0 saturated carbocycles. The summed E-state index contributed by atoms with van der Waals surface area (Å²) < 4.78 is 1.04. The number of hydrogen-bond donors (Lipinski definition) is 1. The Morgan fingerprint density at radius 3 is 2.72 bits per heavy atom. The standard InChI is InChI=1S/C20H17BrN2OS/c1-20(18(24)23-19-22-10-11-25-19)12-14-4-2-3-5-16(14)17(20)13-6-8-15(21)9-7-13/h2-11,17H,12H2,1H3,(H,22,23,24). The minimum Gasteiger partial charge on any atom is -0.301 e. The lowest BCUT2D eigenvalue weighted by Crippen LogP contribution is -2.37. The van der Waals surface area contributed by atoms with Crippen molar-refractivity contribution in [2.24, 2.45) is 5.41 Å². The van der Waals surface area contributed by atoms with Crippen molar-refractivity contribution in [3.63, 3.8) is 0 Å². The quantitative estimate of drug-likeness (QED) is 0.638. The highest BCUT2D eigenvalue weighted by molar-refractivity contribution is 9.10. The third-order valence-electron chi connectivity index (χ3n) is 4.94. The minimum atomic E-state index is -0.552. The van der Waals surface area contributed by atoms with Gasteiger partial charge in [0.05, 0.1) is 5.41 Å². The summed E-state index contributed by atoms with van der Waals surface area (Å²) in [6.45, 7) is 2.06. The molecule has 126 valence electrons. The first-order valence-electron chi connectivity index (χ1n) is 8.12. The number of rotatable bonds is 3. The third-order valence-corrected chi connectivity index (χ3v) is 6.15. The predicted molar refractivity (Wildman–Crippen MR) is 105 cm³/mol. The van der Waals surface area contributed by atoms with Crippen molar-refractivity contribution in [3.05, 3.63) is 81.3 Å². The van der Waals surface area contributed by atoms with Gasteiger partial charge in [0.1, 0.15) is 0 Å². The second-order valence-corrected chi connectivity index (χ2v) is 8.38. The average Bonchev–Trinajstić information content (AvgIpc) is 3.21. The van der Waals surface area contributed by atoms with E-state index in [4.69, 9.17) is 0 Å². The molecule has 1 amide bonds. The molecule has 0 spiro atoms. The fraction of sp³-hybridized carbons (Fsp3) is 0.200. The van der Waals surface area contributed by atoms with Gasteiger partial charge in [-0.3, -0.25) is 4.79 Å². The van der Waals surface area contributed by atoms with E-state index in [1.807, 2.05) is 23.6 Å². The number of carbonyl (C=O) groups excluding carboxylic acids is 1. The molecule has 2 atom stereocenters. The van der Waals surface area contributed by atoms with Crippen LogP contribution in [0.4, 0.5) is 5.13 Å². The second kappa shape index (κ2) is 6.39. The normalized spacial score (nSPS) is 21.8. The van der Waals surface area contributed by atoms with Gasteiger partial charge in [-0.15, -0.1) is 11.3 Å². The van der Waals surface area contributed by atoms with Crippen LogP contribution < -0.4 is 5.32 Å². The molecule has 3 nitrogen and oxygen atoms in total. The van der Waals surface area contributed by atoms with Crippen LogP contribution in [0.2, 0.25) is 0 Å². The lowest BCUT2D eigenvalue weighted by Gasteiger charge is -2.31. The monoisotopic (exact) mass is 412 g/mol. The molecule has 0 fully saturated rings. The van der Waals surface area contributed by atoms with E-state index < -0.39 is 5.41 Å². The van der Waals surface area contributed by atoms with E-state index in [2.05, 4.69) is 63.5 Å². The first-order chi connectivity index (χ1) is 12.1. The molecule has 1 aliphatic carbocycles. The molecule has 2 aromatic carbocycles. The van der Waals surface area contributed by atoms with Crippen molar-refractivity contribution >= 4 is 38.3 Å². The fourth-order valence-corrected chi connectivity index (χ4v) is 4.55. The Hall–Kier alpha value is -1.98. The highest BCUT2D eigenvalue weighted by Crippen LogP contribution is 2.51. The number of halogens is 1. The highest BCUT2D eigenvalue weighted by Gasteiger charge is 2.48. The Morgan fingerprint density at radius 2 is 2.00 bits per heavy atom. The number of fused-ring (bicyclic) bond motifs is 1. The van der Waals surface area contributed by atoms with Gasteiger partial charge in [0.2, 0.25) is 5.91 Å². The summed E-state index contributed by atoms with van der Waals surface area (Å²) >= 11 is 4.94. The van der Waals surface area contributed by atoms with Crippen molar-refractivity contribution in [2.75, 3.05) is 5.32 Å². The van der Waals surface area contributed by atoms with Crippen molar-refractivity contribution in [1.29, 1.82) is 0 Å². The molecular formula is C20H17BrN2OS. The van der Waals surface area contributed by atoms with E-state index in [1.165, 1.54) is 22.5 Å². The Morgan fingerprint density at radius 1 is 1.24 bits per heavy atom. The van der Waals surface area contributed by atoms with Crippen molar-refractivity contribution in [1.82, 2.24) is 4.98 Å². The van der Waals surface area contributed by atoms with Gasteiger partial charge in [-0.1, -0.05) is 52.3 Å². The maximum Gasteiger partial charge on any atom is 0.233 e. The summed E-state index contributed by atoms with van der Waals surface area (Å²) in [6, 6.07) is 16.6. The third kappa shape index (κ3) is 2.92. The highest BCUT2D eigenvalue weighted by atomic mass is 79.9. The van der Waals surface area contributed by atoms with Crippen LogP contribution in [0.1, 0.15) is 29.5 Å². The van der Waals surface area contributed by atoms with E-state index in [9.17, 15) is 4.79 Å². The molecule has 1 heterocycles. The molecule has 0 radical (unpaired) electrons. The Labute approximate surface area is 159 Å². The topological polar surface area (TPSA) is 42.0 Å². The summed E-state index contributed by atoms with van der Waals surface area (Å²) in [6.07, 6.45) is 2.43. The Kier molecular flexibility index (Phi) is 4.21. The maximum atomic E-state index is 13.2. The van der Waals surface area contributed by atoms with E-state index in [0.717, 1.165) is 16.5 Å². The van der Waals surface area contributed by atoms with Gasteiger partial charge < -0.3 is 5.32 Å². The second-order valence-electron chi connectivity index (χ2n) is 6.57. The number of hydrogen-bond acceptors (Lipinski definition) is 3. The van der Waals surface area contributed by atoms with Crippen LogP contribution in [0.15, 0.2) is 64.6 Å². The summed E-state index contributed by atoms with van der Waals surface area (Å²) in [4.78, 5) is 17.4. The molecule has 2 unspecified atom stereocenters. The lowest BCUT2D eigenvalue weighted by atomic mass is 9.73. The maximum absolute atomic E-state index is 13.2. The SMILES string of the molecule is CC1(C(=O)Nc2nccs2)Cc2ccccc2C1c1ccc(Br)cc1. The number of thiazole rings is 1. The van der Waals surface area contributed by atoms with Crippen molar-refractivity contribution in [3.8, 4) is 0 Å². The molecule has 0 saturated heterocycles. The van der Waals surface area contributed by atoms with Gasteiger partial charge in [-0.2, -0.15) is 0 Å². The molecule has 4 rings (SSSR count). The molecule has 1 N–H and O–H groups in total. The van der Waals surface area contributed by atoms with Crippen LogP contribution in [0.5, 0.6) is 0 Å². The minimum absolute atomic E-state index is 0.0200. The van der Waals surface area contributed by atoms with E-state index in [1.54, 1.807) is 6.20 Å². The predicted octanol–water partition coefficient (Wildman–Crippen LogP) is 5.24. The van der Waals surface area contributed by atoms with Crippen LogP contribution in [-0.2, 0) is 11.2 Å².